The van der Waals surface area contributed by atoms with Crippen LogP contribution < -0.4 is 4.74 Å². The Morgan fingerprint density at radius 2 is 2.00 bits per heavy atom. The summed E-state index contributed by atoms with van der Waals surface area (Å²) in [6, 6.07) is 3.37. The molecule has 1 aromatic carbocycles. The molecule has 0 amide bonds. The van der Waals surface area contributed by atoms with Gasteiger partial charge in [-0.15, -0.1) is 6.42 Å². The smallest absolute Gasteiger partial charge is 0.480 e. The van der Waals surface area contributed by atoms with Crippen LogP contribution in [0.3, 0.4) is 0 Å². The van der Waals surface area contributed by atoms with E-state index in [-0.39, 0.29) is 15.9 Å². The van der Waals surface area contributed by atoms with Gasteiger partial charge in [0.15, 0.2) is 0 Å². The highest BCUT2D eigenvalue weighted by Crippen LogP contribution is 2.35. The topological polar surface area (TPSA) is 43.4 Å². The van der Waals surface area contributed by atoms with E-state index in [1.807, 2.05) is 0 Å². The summed E-state index contributed by atoms with van der Waals surface area (Å²) in [7, 11) is -5.39. The average Bonchev–Trinajstić information content (AvgIpc) is 2.26. The van der Waals surface area contributed by atoms with Crippen LogP contribution in [-0.4, -0.2) is 20.5 Å². The third kappa shape index (κ3) is 2.89. The van der Waals surface area contributed by atoms with Crippen LogP contribution in [0, 0.1) is 15.9 Å². The summed E-state index contributed by atoms with van der Waals surface area (Å²) in [4.78, 5) is -0.842. The molecule has 18 heavy (non-hydrogen) atoms. The Bertz CT molecular complexity index is 587. The van der Waals surface area contributed by atoms with E-state index in [9.17, 15) is 21.6 Å². The molecule has 0 saturated carbocycles. The second-order valence-corrected chi connectivity index (χ2v) is 6.00. The second kappa shape index (κ2) is 5.36. The summed E-state index contributed by atoms with van der Waals surface area (Å²) in [6.07, 6.45) is 4.94. The molecule has 3 nitrogen and oxygen atoms in total. The van der Waals surface area contributed by atoms with Crippen LogP contribution in [-0.2, 0) is 9.84 Å². The van der Waals surface area contributed by atoms with Crippen molar-refractivity contribution < 1.29 is 26.3 Å². The summed E-state index contributed by atoms with van der Waals surface area (Å²) in [5.41, 5.74) is -5.35. The first-order chi connectivity index (χ1) is 8.21. The number of rotatable bonds is 3. The lowest BCUT2D eigenvalue weighted by atomic mass is 10.3. The van der Waals surface area contributed by atoms with E-state index in [4.69, 9.17) is 11.2 Å². The molecule has 0 heterocycles. The summed E-state index contributed by atoms with van der Waals surface area (Å²) in [5.74, 6) is 2.13. The zero-order chi connectivity index (χ0) is 14.0. The summed E-state index contributed by atoms with van der Waals surface area (Å²) in [5, 5.41) is 0. The Labute approximate surface area is 115 Å². The van der Waals surface area contributed by atoms with Crippen LogP contribution in [0.4, 0.5) is 13.2 Å². The molecule has 0 spiro atoms. The molecular formula is C10H6F3IO3S. The minimum Gasteiger partial charge on any atom is -0.480 e. The minimum atomic E-state index is -5.39. The monoisotopic (exact) mass is 390 g/mol. The van der Waals surface area contributed by atoms with Gasteiger partial charge in [-0.2, -0.15) is 13.2 Å². The van der Waals surface area contributed by atoms with Gasteiger partial charge in [0.25, 0.3) is 9.84 Å². The largest absolute Gasteiger partial charge is 0.501 e. The number of alkyl halides is 3. The van der Waals surface area contributed by atoms with Crippen molar-refractivity contribution in [2.45, 2.75) is 10.4 Å². The zero-order valence-corrected chi connectivity index (χ0v) is 11.6. The molecule has 0 bridgehead atoms. The maximum Gasteiger partial charge on any atom is 0.501 e. The Hall–Kier alpha value is -0.950. The Balaban J connectivity index is 3.33. The van der Waals surface area contributed by atoms with E-state index in [2.05, 4.69) is 5.92 Å². The van der Waals surface area contributed by atoms with E-state index in [0.717, 1.165) is 12.1 Å². The molecule has 0 aliphatic carbocycles. The van der Waals surface area contributed by atoms with Crippen LogP contribution in [0.1, 0.15) is 0 Å². The van der Waals surface area contributed by atoms with Crippen molar-refractivity contribution in [1.82, 2.24) is 0 Å². The Morgan fingerprint density at radius 1 is 1.39 bits per heavy atom. The van der Waals surface area contributed by atoms with Crippen LogP contribution in [0.25, 0.3) is 0 Å². The highest BCUT2D eigenvalue weighted by Gasteiger charge is 2.48. The van der Waals surface area contributed by atoms with Gasteiger partial charge in [0.2, 0.25) is 0 Å². The molecule has 0 aliphatic heterocycles. The molecule has 1 rings (SSSR count). The third-order valence-electron chi connectivity index (χ3n) is 1.83. The van der Waals surface area contributed by atoms with Crippen molar-refractivity contribution in [3.8, 4) is 18.1 Å². The van der Waals surface area contributed by atoms with Crippen molar-refractivity contribution in [3.05, 3.63) is 21.8 Å². The number of sulfone groups is 1. The van der Waals surface area contributed by atoms with Gasteiger partial charge in [-0.25, -0.2) is 8.42 Å². The molecule has 0 radical (unpaired) electrons. The number of halogens is 4. The fraction of sp³-hybridized carbons (Fsp3) is 0.200. The first kappa shape index (κ1) is 15.1. The third-order valence-corrected chi connectivity index (χ3v) is 4.84. The fourth-order valence-electron chi connectivity index (χ4n) is 1.05. The number of ether oxygens (including phenoxy) is 1. The highest BCUT2D eigenvalue weighted by molar-refractivity contribution is 14.1. The summed E-state index contributed by atoms with van der Waals surface area (Å²) in [6.45, 7) is -0.161. The number of hydrogen-bond acceptors (Lipinski definition) is 3. The van der Waals surface area contributed by atoms with Gasteiger partial charge in [0.1, 0.15) is 12.4 Å². The van der Waals surface area contributed by atoms with E-state index in [1.165, 1.54) is 28.7 Å². The van der Waals surface area contributed by atoms with Gasteiger partial charge in [0.05, 0.1) is 8.47 Å². The Kier molecular flexibility index (Phi) is 4.50. The van der Waals surface area contributed by atoms with Gasteiger partial charge in [-0.3, -0.25) is 0 Å². The fourth-order valence-corrected chi connectivity index (χ4v) is 3.28. The van der Waals surface area contributed by atoms with E-state index in [0.29, 0.717) is 0 Å². The van der Waals surface area contributed by atoms with Gasteiger partial charge in [0, 0.05) is 0 Å². The standard InChI is InChI=1S/C10H6F3IO3S/c1-2-6-17-7-4-3-5-8(9(7)14)18(15,16)10(11,12)13/h1,3-5H,6H2. The molecule has 0 aromatic heterocycles. The van der Waals surface area contributed by atoms with Gasteiger partial charge in [-0.05, 0) is 34.7 Å². The molecule has 98 valence electrons. The molecule has 8 heteroatoms. The van der Waals surface area contributed by atoms with Crippen LogP contribution >= 0.6 is 22.6 Å². The predicted octanol–water partition coefficient (Wildman–Crippen LogP) is 2.60. The predicted molar refractivity (Wildman–Crippen MR) is 66.7 cm³/mol. The maximum absolute atomic E-state index is 12.4. The number of benzene rings is 1. The van der Waals surface area contributed by atoms with Gasteiger partial charge < -0.3 is 4.74 Å². The van der Waals surface area contributed by atoms with Crippen molar-refractivity contribution in [3.63, 3.8) is 0 Å². The molecule has 0 unspecified atom stereocenters. The second-order valence-electron chi connectivity index (χ2n) is 3.01. The molecule has 0 atom stereocenters. The maximum atomic E-state index is 12.4. The quantitative estimate of drug-likeness (QED) is 0.589. The normalized spacial score (nSPS) is 11.9. The molecule has 0 fully saturated rings. The van der Waals surface area contributed by atoms with Crippen molar-refractivity contribution >= 4 is 32.4 Å². The summed E-state index contributed by atoms with van der Waals surface area (Å²) >= 11 is 1.47. The number of hydrogen-bond donors (Lipinski definition) is 0. The van der Waals surface area contributed by atoms with Crippen molar-refractivity contribution in [2.75, 3.05) is 6.61 Å². The molecule has 0 aliphatic rings. The molecule has 0 saturated heterocycles. The lowest BCUT2D eigenvalue weighted by Crippen LogP contribution is -2.24. The van der Waals surface area contributed by atoms with Crippen molar-refractivity contribution in [2.24, 2.45) is 0 Å². The zero-order valence-electron chi connectivity index (χ0n) is 8.66. The first-order valence-corrected chi connectivity index (χ1v) is 6.94. The first-order valence-electron chi connectivity index (χ1n) is 4.38. The minimum absolute atomic E-state index is 0.00104. The lowest BCUT2D eigenvalue weighted by molar-refractivity contribution is -0.0436. The van der Waals surface area contributed by atoms with Crippen LogP contribution in [0.15, 0.2) is 23.1 Å². The molecule has 0 N–H and O–H groups in total. The molecule has 1 aromatic rings. The van der Waals surface area contributed by atoms with Crippen LogP contribution in [0.5, 0.6) is 5.75 Å². The Morgan fingerprint density at radius 3 is 2.50 bits per heavy atom. The van der Waals surface area contributed by atoms with Gasteiger partial charge >= 0.3 is 5.51 Å². The lowest BCUT2D eigenvalue weighted by Gasteiger charge is -2.12. The van der Waals surface area contributed by atoms with E-state index in [1.54, 1.807) is 0 Å². The van der Waals surface area contributed by atoms with Gasteiger partial charge in [-0.1, -0.05) is 12.0 Å². The van der Waals surface area contributed by atoms with E-state index < -0.39 is 20.2 Å². The molecular weight excluding hydrogens is 384 g/mol. The summed E-state index contributed by atoms with van der Waals surface area (Å²) < 4.78 is 64.6. The SMILES string of the molecule is C#CCOc1cccc(S(=O)(=O)C(F)(F)F)c1I. The van der Waals surface area contributed by atoms with E-state index >= 15 is 0 Å². The average molecular weight is 390 g/mol. The highest BCUT2D eigenvalue weighted by atomic mass is 127. The van der Waals surface area contributed by atoms with Crippen molar-refractivity contribution in [1.29, 1.82) is 0 Å². The number of terminal acetylenes is 1. The van der Waals surface area contributed by atoms with Crippen LogP contribution in [0.2, 0.25) is 0 Å².